The van der Waals surface area contributed by atoms with Gasteiger partial charge >= 0.3 is 0 Å². The maximum Gasteiger partial charge on any atom is 0.211 e. The van der Waals surface area contributed by atoms with Gasteiger partial charge < -0.3 is 5.11 Å². The molecular formula is C12H8FNO2. The summed E-state index contributed by atoms with van der Waals surface area (Å²) in [7, 11) is 0. The molecule has 2 aromatic rings. The van der Waals surface area contributed by atoms with E-state index in [1.54, 1.807) is 0 Å². The van der Waals surface area contributed by atoms with Crippen molar-refractivity contribution in [3.05, 3.63) is 59.7 Å². The fourth-order valence-corrected chi connectivity index (χ4v) is 1.27. The largest absolute Gasteiger partial charge is 0.506 e. The van der Waals surface area contributed by atoms with Gasteiger partial charge in [-0.05, 0) is 36.4 Å². The highest BCUT2D eigenvalue weighted by atomic mass is 19.1. The fraction of sp³-hybridized carbons (Fsp3) is 0. The highest BCUT2D eigenvalue weighted by molar-refractivity contribution is 6.07. The third-order valence-electron chi connectivity index (χ3n) is 2.09. The number of carbonyl (C=O) groups excluding carboxylic acids is 1. The summed E-state index contributed by atoms with van der Waals surface area (Å²) in [5.41, 5.74) is 0.573. The minimum Gasteiger partial charge on any atom is -0.506 e. The van der Waals surface area contributed by atoms with E-state index in [0.717, 1.165) is 0 Å². The smallest absolute Gasteiger partial charge is 0.211 e. The molecule has 0 amide bonds. The summed E-state index contributed by atoms with van der Waals surface area (Å²) in [6.07, 6.45) is 1.19. The Morgan fingerprint density at radius 3 is 2.38 bits per heavy atom. The van der Waals surface area contributed by atoms with Crippen LogP contribution >= 0.6 is 0 Å². The minimum atomic E-state index is -0.393. The van der Waals surface area contributed by atoms with Crippen LogP contribution in [0.5, 0.6) is 5.75 Å². The van der Waals surface area contributed by atoms with Crippen LogP contribution in [0.1, 0.15) is 16.1 Å². The summed E-state index contributed by atoms with van der Waals surface area (Å²) in [5.74, 6) is -0.703. The number of halogens is 1. The molecule has 0 aliphatic rings. The highest BCUT2D eigenvalue weighted by Gasteiger charge is 2.10. The van der Waals surface area contributed by atoms with Gasteiger partial charge in [-0.25, -0.2) is 9.37 Å². The van der Waals surface area contributed by atoms with Crippen LogP contribution in [-0.4, -0.2) is 15.9 Å². The van der Waals surface area contributed by atoms with E-state index in [4.69, 9.17) is 5.11 Å². The molecule has 0 aliphatic heterocycles. The average Bonchev–Trinajstić information content (AvgIpc) is 2.30. The molecule has 1 N–H and O–H groups in total. The van der Waals surface area contributed by atoms with Crippen LogP contribution in [0, 0.1) is 5.82 Å². The maximum atomic E-state index is 12.6. The van der Waals surface area contributed by atoms with Gasteiger partial charge in [0, 0.05) is 5.56 Å². The molecule has 0 aliphatic carbocycles. The number of aromatic hydroxyl groups is 1. The summed E-state index contributed by atoms with van der Waals surface area (Å²) < 4.78 is 12.6. The van der Waals surface area contributed by atoms with Gasteiger partial charge in [0.2, 0.25) is 5.78 Å². The number of carbonyl (C=O) groups is 1. The Morgan fingerprint density at radius 1 is 1.12 bits per heavy atom. The van der Waals surface area contributed by atoms with E-state index in [0.29, 0.717) is 5.56 Å². The molecule has 0 unspecified atom stereocenters. The minimum absolute atomic E-state index is 0.00402. The van der Waals surface area contributed by atoms with Crippen molar-refractivity contribution in [3.8, 4) is 5.75 Å². The molecular weight excluding hydrogens is 209 g/mol. The maximum absolute atomic E-state index is 12.6. The van der Waals surface area contributed by atoms with Gasteiger partial charge in [-0.3, -0.25) is 4.79 Å². The lowest BCUT2D eigenvalue weighted by molar-refractivity contribution is 0.103. The summed E-state index contributed by atoms with van der Waals surface area (Å²) in [4.78, 5) is 15.6. The van der Waals surface area contributed by atoms with Crippen molar-refractivity contribution in [2.45, 2.75) is 0 Å². The molecule has 0 atom stereocenters. The zero-order chi connectivity index (χ0) is 11.5. The van der Waals surface area contributed by atoms with Crippen LogP contribution in [-0.2, 0) is 0 Å². The van der Waals surface area contributed by atoms with E-state index >= 15 is 0 Å². The van der Waals surface area contributed by atoms with E-state index in [1.165, 1.54) is 42.6 Å². The normalized spacial score (nSPS) is 10.1. The van der Waals surface area contributed by atoms with Crippen molar-refractivity contribution in [2.24, 2.45) is 0 Å². The van der Waals surface area contributed by atoms with Crippen LogP contribution in [0.25, 0.3) is 0 Å². The summed E-state index contributed by atoms with van der Waals surface area (Å²) in [5, 5.41) is 9.02. The van der Waals surface area contributed by atoms with Crippen LogP contribution < -0.4 is 0 Å². The van der Waals surface area contributed by atoms with Gasteiger partial charge in [0.05, 0.1) is 6.20 Å². The van der Waals surface area contributed by atoms with E-state index in [1.807, 2.05) is 0 Å². The lowest BCUT2D eigenvalue weighted by Crippen LogP contribution is -2.03. The van der Waals surface area contributed by atoms with Crippen LogP contribution in [0.4, 0.5) is 4.39 Å². The molecule has 80 valence electrons. The highest BCUT2D eigenvalue weighted by Crippen LogP contribution is 2.11. The molecule has 1 aromatic carbocycles. The second kappa shape index (κ2) is 4.10. The number of hydrogen-bond donors (Lipinski definition) is 1. The first kappa shape index (κ1) is 10.3. The molecule has 0 saturated carbocycles. The van der Waals surface area contributed by atoms with E-state index < -0.39 is 5.82 Å². The monoisotopic (exact) mass is 217 g/mol. The third kappa shape index (κ3) is 2.06. The van der Waals surface area contributed by atoms with Crippen LogP contribution in [0.15, 0.2) is 42.6 Å². The molecule has 1 aromatic heterocycles. The molecule has 0 saturated heterocycles. The predicted molar refractivity (Wildman–Crippen MR) is 55.7 cm³/mol. The van der Waals surface area contributed by atoms with E-state index in [-0.39, 0.29) is 17.2 Å². The number of pyridine rings is 1. The Kier molecular flexibility index (Phi) is 2.64. The van der Waals surface area contributed by atoms with Crippen molar-refractivity contribution < 1.29 is 14.3 Å². The average molecular weight is 217 g/mol. The number of aromatic nitrogens is 1. The van der Waals surface area contributed by atoms with Crippen molar-refractivity contribution in [1.82, 2.24) is 4.98 Å². The standard InChI is InChI=1S/C12H8FNO2/c13-9-3-1-8(2-4-9)12(16)11-6-5-10(15)7-14-11/h1-7,15H. The van der Waals surface area contributed by atoms with Gasteiger partial charge in [0.1, 0.15) is 17.3 Å². The quantitative estimate of drug-likeness (QED) is 0.784. The van der Waals surface area contributed by atoms with Gasteiger partial charge in [0.25, 0.3) is 0 Å². The first-order chi connectivity index (χ1) is 7.66. The summed E-state index contributed by atoms with van der Waals surface area (Å²) >= 11 is 0. The zero-order valence-electron chi connectivity index (χ0n) is 8.22. The molecule has 0 radical (unpaired) electrons. The Hall–Kier alpha value is -2.23. The number of rotatable bonds is 2. The molecule has 0 spiro atoms. The fourth-order valence-electron chi connectivity index (χ4n) is 1.27. The van der Waals surface area contributed by atoms with Gasteiger partial charge in [-0.15, -0.1) is 0 Å². The Balaban J connectivity index is 2.32. The number of benzene rings is 1. The second-order valence-corrected chi connectivity index (χ2v) is 3.24. The SMILES string of the molecule is O=C(c1ccc(F)cc1)c1ccc(O)cn1. The van der Waals surface area contributed by atoms with Crippen molar-refractivity contribution >= 4 is 5.78 Å². The van der Waals surface area contributed by atoms with E-state index in [9.17, 15) is 9.18 Å². The summed E-state index contributed by atoms with van der Waals surface area (Å²) in [6, 6.07) is 8.02. The zero-order valence-corrected chi connectivity index (χ0v) is 8.22. The van der Waals surface area contributed by atoms with Crippen LogP contribution in [0.2, 0.25) is 0 Å². The van der Waals surface area contributed by atoms with Gasteiger partial charge in [-0.2, -0.15) is 0 Å². The first-order valence-corrected chi connectivity index (χ1v) is 4.62. The van der Waals surface area contributed by atoms with Gasteiger partial charge in [0.15, 0.2) is 0 Å². The number of ketones is 1. The number of nitrogens with zero attached hydrogens (tertiary/aromatic N) is 1. The Labute approximate surface area is 91.2 Å². The molecule has 0 fully saturated rings. The third-order valence-corrected chi connectivity index (χ3v) is 2.09. The Bertz CT molecular complexity index is 458. The molecule has 2 rings (SSSR count). The second-order valence-electron chi connectivity index (χ2n) is 3.24. The molecule has 0 bridgehead atoms. The van der Waals surface area contributed by atoms with Crippen molar-refractivity contribution in [1.29, 1.82) is 0 Å². The Morgan fingerprint density at radius 2 is 1.81 bits per heavy atom. The molecule has 4 heteroatoms. The van der Waals surface area contributed by atoms with Crippen molar-refractivity contribution in [3.63, 3.8) is 0 Å². The molecule has 1 heterocycles. The molecule has 3 nitrogen and oxygen atoms in total. The van der Waals surface area contributed by atoms with E-state index in [2.05, 4.69) is 4.98 Å². The van der Waals surface area contributed by atoms with Crippen molar-refractivity contribution in [2.75, 3.05) is 0 Å². The molecule has 16 heavy (non-hydrogen) atoms. The predicted octanol–water partition coefficient (Wildman–Crippen LogP) is 2.16. The summed E-state index contributed by atoms with van der Waals surface area (Å²) in [6.45, 7) is 0. The first-order valence-electron chi connectivity index (χ1n) is 4.62. The topological polar surface area (TPSA) is 50.2 Å². The lowest BCUT2D eigenvalue weighted by Gasteiger charge is -2.00. The lowest BCUT2D eigenvalue weighted by atomic mass is 10.1. The number of hydrogen-bond acceptors (Lipinski definition) is 3. The van der Waals surface area contributed by atoms with Crippen LogP contribution in [0.3, 0.4) is 0 Å². The van der Waals surface area contributed by atoms with Gasteiger partial charge in [-0.1, -0.05) is 0 Å².